The number of anilines is 1. The summed E-state index contributed by atoms with van der Waals surface area (Å²) in [6.45, 7) is 3.06. The second-order valence-corrected chi connectivity index (χ2v) is 12.3. The van der Waals surface area contributed by atoms with Gasteiger partial charge in [0.25, 0.3) is 5.91 Å². The lowest BCUT2D eigenvalue weighted by Gasteiger charge is -2.30. The van der Waals surface area contributed by atoms with Crippen molar-refractivity contribution in [2.75, 3.05) is 18.4 Å². The van der Waals surface area contributed by atoms with Crippen molar-refractivity contribution in [3.05, 3.63) is 101 Å². The number of carbonyl (C=O) groups is 2. The molecule has 194 valence electrons. The van der Waals surface area contributed by atoms with Gasteiger partial charge in [-0.3, -0.25) is 14.9 Å². The van der Waals surface area contributed by atoms with Crippen LogP contribution in [0.1, 0.15) is 45.4 Å². The first kappa shape index (κ1) is 26.0. The number of benzene rings is 3. The Morgan fingerprint density at radius 1 is 0.921 bits per heavy atom. The van der Waals surface area contributed by atoms with Crippen LogP contribution >= 0.6 is 11.3 Å². The fraction of sp³-hybridized carbons (Fsp3) is 0.207. The van der Waals surface area contributed by atoms with Gasteiger partial charge < -0.3 is 0 Å². The molecule has 0 saturated carbocycles. The molecule has 1 unspecified atom stereocenters. The Balaban J connectivity index is 1.38. The minimum Gasteiger partial charge on any atom is -0.298 e. The van der Waals surface area contributed by atoms with Crippen LogP contribution < -0.4 is 5.32 Å². The van der Waals surface area contributed by atoms with E-state index >= 15 is 0 Å². The van der Waals surface area contributed by atoms with Crippen molar-refractivity contribution >= 4 is 38.2 Å². The van der Waals surface area contributed by atoms with Crippen LogP contribution in [0.25, 0.3) is 11.3 Å². The molecule has 4 aromatic rings. The van der Waals surface area contributed by atoms with Crippen molar-refractivity contribution in [3.63, 3.8) is 0 Å². The maximum atomic E-state index is 13.3. The Bertz CT molecular complexity index is 1550. The molecule has 1 aliphatic rings. The number of ketones is 1. The van der Waals surface area contributed by atoms with E-state index in [1.54, 1.807) is 24.3 Å². The van der Waals surface area contributed by atoms with E-state index in [0.29, 0.717) is 40.7 Å². The van der Waals surface area contributed by atoms with E-state index in [1.807, 2.05) is 36.4 Å². The van der Waals surface area contributed by atoms with Crippen LogP contribution in [0.5, 0.6) is 0 Å². The summed E-state index contributed by atoms with van der Waals surface area (Å²) < 4.78 is 27.6. The molecule has 0 aliphatic carbocycles. The first-order chi connectivity index (χ1) is 18.3. The van der Waals surface area contributed by atoms with Gasteiger partial charge in [-0.1, -0.05) is 78.9 Å². The highest BCUT2D eigenvalue weighted by Gasteiger charge is 2.29. The number of sulfonamides is 1. The second kappa shape index (κ2) is 11.0. The topological polar surface area (TPSA) is 96.4 Å². The largest absolute Gasteiger partial charge is 0.298 e. The van der Waals surface area contributed by atoms with E-state index in [2.05, 4.69) is 17.2 Å². The highest BCUT2D eigenvalue weighted by Crippen LogP contribution is 2.33. The standard InChI is InChI=1S/C29H27N3O4S2/c1-20-9-8-18-32(19-20)38(35,36)24-16-14-23(15-17-24)28(34)31-29-30-25(21-10-4-2-5-11-21)27(37-29)26(33)22-12-6-3-7-13-22/h2-7,10-17,20H,8-9,18-19H2,1H3,(H,30,31,34). The van der Waals surface area contributed by atoms with Gasteiger partial charge in [0.2, 0.25) is 15.8 Å². The zero-order valence-electron chi connectivity index (χ0n) is 20.8. The SMILES string of the molecule is CC1CCCN(S(=O)(=O)c2ccc(C(=O)Nc3nc(-c4ccccc4)c(C(=O)c4ccccc4)s3)cc2)C1. The van der Waals surface area contributed by atoms with Gasteiger partial charge in [0, 0.05) is 29.8 Å². The summed E-state index contributed by atoms with van der Waals surface area (Å²) in [6.07, 6.45) is 1.86. The highest BCUT2D eigenvalue weighted by atomic mass is 32.2. The van der Waals surface area contributed by atoms with E-state index in [4.69, 9.17) is 0 Å². The molecule has 2 heterocycles. The maximum absolute atomic E-state index is 13.3. The molecule has 38 heavy (non-hydrogen) atoms. The number of rotatable bonds is 7. The number of hydrogen-bond acceptors (Lipinski definition) is 6. The normalized spacial score (nSPS) is 16.2. The van der Waals surface area contributed by atoms with Gasteiger partial charge >= 0.3 is 0 Å². The number of nitrogens with zero attached hydrogens (tertiary/aromatic N) is 2. The van der Waals surface area contributed by atoms with Crippen LogP contribution in [-0.4, -0.2) is 42.5 Å². The molecule has 1 N–H and O–H groups in total. The molecule has 0 radical (unpaired) electrons. The maximum Gasteiger partial charge on any atom is 0.257 e. The van der Waals surface area contributed by atoms with Crippen molar-refractivity contribution in [3.8, 4) is 11.3 Å². The fourth-order valence-electron chi connectivity index (χ4n) is 4.50. The summed E-state index contributed by atoms with van der Waals surface area (Å²) in [5.41, 5.74) is 2.09. The molecule has 7 nitrogen and oxygen atoms in total. The number of nitrogens with one attached hydrogen (secondary N) is 1. The summed E-state index contributed by atoms with van der Waals surface area (Å²) in [5.74, 6) is -0.294. The molecule has 1 aliphatic heterocycles. The van der Waals surface area contributed by atoms with Gasteiger partial charge in [-0.2, -0.15) is 4.31 Å². The number of piperidine rings is 1. The molecule has 1 amide bonds. The van der Waals surface area contributed by atoms with Crippen LogP contribution in [0.15, 0.2) is 89.8 Å². The molecule has 1 saturated heterocycles. The minimum absolute atomic E-state index is 0.166. The summed E-state index contributed by atoms with van der Waals surface area (Å²) in [7, 11) is -3.61. The summed E-state index contributed by atoms with van der Waals surface area (Å²) in [5, 5.41) is 3.06. The summed E-state index contributed by atoms with van der Waals surface area (Å²) in [4.78, 5) is 31.5. The smallest absolute Gasteiger partial charge is 0.257 e. The average molecular weight is 546 g/mol. The predicted molar refractivity (Wildman–Crippen MR) is 149 cm³/mol. The van der Waals surface area contributed by atoms with Crippen molar-refractivity contribution < 1.29 is 18.0 Å². The lowest BCUT2D eigenvalue weighted by atomic mass is 10.0. The Kier molecular flexibility index (Phi) is 7.51. The van der Waals surface area contributed by atoms with E-state index in [0.717, 1.165) is 29.7 Å². The number of amides is 1. The molecule has 0 spiro atoms. The van der Waals surface area contributed by atoms with E-state index < -0.39 is 15.9 Å². The third kappa shape index (κ3) is 5.45. The molecule has 1 atom stereocenters. The molecular weight excluding hydrogens is 518 g/mol. The van der Waals surface area contributed by atoms with Crippen molar-refractivity contribution in [2.45, 2.75) is 24.7 Å². The van der Waals surface area contributed by atoms with Gasteiger partial charge in [0.05, 0.1) is 10.6 Å². The zero-order chi connectivity index (χ0) is 26.7. The third-order valence-corrected chi connectivity index (χ3v) is 9.36. The Hall–Kier alpha value is -3.66. The summed E-state index contributed by atoms with van der Waals surface area (Å²) in [6, 6.07) is 24.2. The third-order valence-electron chi connectivity index (χ3n) is 6.51. The monoisotopic (exact) mass is 545 g/mol. The van der Waals surface area contributed by atoms with E-state index in [1.165, 1.54) is 28.6 Å². The Morgan fingerprint density at radius 2 is 1.58 bits per heavy atom. The first-order valence-corrected chi connectivity index (χ1v) is 14.7. The number of carbonyl (C=O) groups excluding carboxylic acids is 2. The Labute approximate surface area is 226 Å². The van der Waals surface area contributed by atoms with Crippen LogP contribution in [0, 0.1) is 5.92 Å². The van der Waals surface area contributed by atoms with Gasteiger partial charge in [-0.05, 0) is 43.0 Å². The zero-order valence-corrected chi connectivity index (χ0v) is 22.5. The number of hydrogen-bond donors (Lipinski definition) is 1. The molecule has 1 aromatic heterocycles. The van der Waals surface area contributed by atoms with E-state index in [9.17, 15) is 18.0 Å². The molecular formula is C29H27N3O4S2. The Morgan fingerprint density at radius 3 is 2.24 bits per heavy atom. The van der Waals surface area contributed by atoms with Crippen molar-refractivity contribution in [1.82, 2.24) is 9.29 Å². The minimum atomic E-state index is -3.61. The summed E-state index contributed by atoms with van der Waals surface area (Å²) >= 11 is 1.11. The van der Waals surface area contributed by atoms with Crippen molar-refractivity contribution in [1.29, 1.82) is 0 Å². The molecule has 9 heteroatoms. The molecule has 0 bridgehead atoms. The van der Waals surface area contributed by atoms with Gasteiger partial charge in [-0.15, -0.1) is 0 Å². The molecule has 1 fully saturated rings. The lowest BCUT2D eigenvalue weighted by molar-refractivity contribution is 0.102. The quantitative estimate of drug-likeness (QED) is 0.300. The van der Waals surface area contributed by atoms with Crippen LogP contribution in [0.3, 0.4) is 0 Å². The lowest BCUT2D eigenvalue weighted by Crippen LogP contribution is -2.39. The molecule has 5 rings (SSSR count). The number of thiazole rings is 1. The number of aromatic nitrogens is 1. The first-order valence-electron chi connectivity index (χ1n) is 12.4. The van der Waals surface area contributed by atoms with E-state index in [-0.39, 0.29) is 15.8 Å². The van der Waals surface area contributed by atoms with Gasteiger partial charge in [-0.25, -0.2) is 13.4 Å². The van der Waals surface area contributed by atoms with Gasteiger partial charge in [0.1, 0.15) is 4.88 Å². The van der Waals surface area contributed by atoms with Crippen LogP contribution in [-0.2, 0) is 10.0 Å². The van der Waals surface area contributed by atoms with Crippen LogP contribution in [0.4, 0.5) is 5.13 Å². The fourth-order valence-corrected chi connectivity index (χ4v) is 7.04. The molecule has 3 aromatic carbocycles. The average Bonchev–Trinajstić information content (AvgIpc) is 3.37. The van der Waals surface area contributed by atoms with Crippen molar-refractivity contribution in [2.24, 2.45) is 5.92 Å². The second-order valence-electron chi connectivity index (χ2n) is 9.35. The highest BCUT2D eigenvalue weighted by molar-refractivity contribution is 7.89. The predicted octanol–water partition coefficient (Wildman–Crippen LogP) is 5.71. The van der Waals surface area contributed by atoms with Crippen LogP contribution in [0.2, 0.25) is 0 Å². The van der Waals surface area contributed by atoms with Gasteiger partial charge in [0.15, 0.2) is 5.13 Å².